The average molecular weight is 847 g/mol. The number of amides is 1. The van der Waals surface area contributed by atoms with Crippen LogP contribution in [0.5, 0.6) is 0 Å². The topological polar surface area (TPSA) is 172 Å². The highest BCUT2D eigenvalue weighted by molar-refractivity contribution is 6.67. The van der Waals surface area contributed by atoms with Gasteiger partial charge in [0, 0.05) is 24.8 Å². The van der Waals surface area contributed by atoms with Gasteiger partial charge in [-0.3, -0.25) is 24.4 Å². The zero-order valence-corrected chi connectivity index (χ0v) is 39.1. The number of rotatable bonds is 12. The summed E-state index contributed by atoms with van der Waals surface area (Å²) in [6.07, 6.45) is 5.11. The van der Waals surface area contributed by atoms with Crippen LogP contribution >= 0.6 is 24.0 Å². The summed E-state index contributed by atoms with van der Waals surface area (Å²) in [5.41, 5.74) is 4.62. The molecule has 0 aliphatic rings. The van der Waals surface area contributed by atoms with E-state index in [0.29, 0.717) is 11.1 Å². The normalized spacial score (nSPS) is 13.5. The van der Waals surface area contributed by atoms with Crippen LogP contribution in [0.15, 0.2) is 49.1 Å². The summed E-state index contributed by atoms with van der Waals surface area (Å²) in [5, 5.41) is 2.23. The van der Waals surface area contributed by atoms with E-state index in [9.17, 15) is 19.2 Å². The lowest BCUT2D eigenvalue weighted by molar-refractivity contribution is -0.165. The average Bonchev–Trinajstić information content (AvgIpc) is 3.06. The van der Waals surface area contributed by atoms with Gasteiger partial charge in [0.05, 0.1) is 34.5 Å². The summed E-state index contributed by atoms with van der Waals surface area (Å²) in [4.78, 5) is 56.9. The zero-order chi connectivity index (χ0) is 44.1. The van der Waals surface area contributed by atoms with Crippen molar-refractivity contribution >= 4 is 47.1 Å². The molecular formula is C42H73Cl2N5O8. The molecule has 2 aromatic heterocycles. The molecule has 1 amide bonds. The predicted octanol–water partition coefficient (Wildman–Crippen LogP) is 7.81. The van der Waals surface area contributed by atoms with Crippen LogP contribution in [0.2, 0.25) is 0 Å². The van der Waals surface area contributed by atoms with Crippen LogP contribution < -0.4 is 11.1 Å². The summed E-state index contributed by atoms with van der Waals surface area (Å²) in [6.45, 7) is 35.8. The van der Waals surface area contributed by atoms with Crippen LogP contribution in [0.1, 0.15) is 138 Å². The van der Waals surface area contributed by atoms with Gasteiger partial charge >= 0.3 is 11.9 Å². The van der Waals surface area contributed by atoms with E-state index in [1.807, 2.05) is 62.3 Å². The fourth-order valence-electron chi connectivity index (χ4n) is 4.42. The predicted molar refractivity (Wildman–Crippen MR) is 231 cm³/mol. The maximum atomic E-state index is 12.5. The van der Waals surface area contributed by atoms with Crippen LogP contribution in [0, 0.1) is 0 Å². The fourth-order valence-corrected chi connectivity index (χ4v) is 4.53. The fraction of sp³-hybridized carbons (Fsp3) is 0.667. The Hall–Kier alpha value is -3.20. The molecular weight excluding hydrogens is 773 g/mol. The third-order valence-corrected chi connectivity index (χ3v) is 7.05. The molecule has 13 nitrogen and oxygen atoms in total. The molecule has 57 heavy (non-hydrogen) atoms. The van der Waals surface area contributed by atoms with Crippen molar-refractivity contribution in [2.75, 3.05) is 19.6 Å². The van der Waals surface area contributed by atoms with Crippen molar-refractivity contribution in [1.29, 1.82) is 0 Å². The number of hydrogen-bond acceptors (Lipinski definition) is 12. The largest absolute Gasteiger partial charge is 0.459 e. The molecule has 2 heterocycles. The van der Waals surface area contributed by atoms with Gasteiger partial charge in [-0.05, 0) is 152 Å². The van der Waals surface area contributed by atoms with Crippen LogP contribution in [0.25, 0.3) is 0 Å². The first-order chi connectivity index (χ1) is 25.5. The van der Waals surface area contributed by atoms with E-state index >= 15 is 0 Å². The Labute approximate surface area is 354 Å². The Morgan fingerprint density at radius 1 is 0.684 bits per heavy atom. The number of esters is 2. The number of hydrogen-bond donors (Lipinski definition) is 2. The smallest absolute Gasteiger partial charge is 0.331 e. The molecule has 3 N–H and O–H groups in total. The molecule has 15 heteroatoms. The molecule has 0 fully saturated rings. The van der Waals surface area contributed by atoms with Gasteiger partial charge in [0.2, 0.25) is 0 Å². The maximum Gasteiger partial charge on any atom is 0.331 e. The molecule has 0 unspecified atom stereocenters. The minimum Gasteiger partial charge on any atom is -0.459 e. The number of carbonyl (C=O) groups excluding carboxylic acids is 4. The van der Waals surface area contributed by atoms with Crippen molar-refractivity contribution in [3.63, 3.8) is 0 Å². The third kappa shape index (κ3) is 30.5. The quantitative estimate of drug-likeness (QED) is 0.157. The SMILES string of the molecule is CCN(CC)CC.C[C@@H](OC(C)(C)C)[C@H](N)C(=O)OC(C)(C)C.C[C@@H](OC(C)(C)C)[C@H](NC(=O)c1cccnc1)C(=O)OC(C)(C)C.Cl.O=C(Cl)c1cccnc1. The molecule has 0 aliphatic heterocycles. The lowest BCUT2D eigenvalue weighted by Crippen LogP contribution is -2.52. The molecule has 0 aromatic carbocycles. The monoisotopic (exact) mass is 845 g/mol. The van der Waals surface area contributed by atoms with Crippen LogP contribution in [-0.4, -0.2) is 104 Å². The Bertz CT molecular complexity index is 1410. The van der Waals surface area contributed by atoms with E-state index in [1.165, 1.54) is 32.0 Å². The van der Waals surface area contributed by atoms with Gasteiger partial charge in [-0.2, -0.15) is 0 Å². The molecule has 0 spiro atoms. The van der Waals surface area contributed by atoms with Crippen molar-refractivity contribution in [3.8, 4) is 0 Å². The molecule has 4 atom stereocenters. The van der Waals surface area contributed by atoms with Crippen LogP contribution in [-0.2, 0) is 28.5 Å². The second-order valence-corrected chi connectivity index (χ2v) is 17.1. The van der Waals surface area contributed by atoms with E-state index in [2.05, 4.69) is 41.0 Å². The lowest BCUT2D eigenvalue weighted by atomic mass is 10.1. The number of nitrogens with two attached hydrogens (primary N) is 1. The molecule has 0 saturated carbocycles. The summed E-state index contributed by atoms with van der Waals surface area (Å²) in [5.74, 6) is -1.36. The summed E-state index contributed by atoms with van der Waals surface area (Å²) in [7, 11) is 0. The Balaban J connectivity index is -0.000000756. The summed E-state index contributed by atoms with van der Waals surface area (Å²) >= 11 is 5.12. The van der Waals surface area contributed by atoms with Crippen molar-refractivity contribution in [2.24, 2.45) is 5.73 Å². The number of halogens is 2. The standard InChI is InChI=1S/C18H28N2O4.C12H25NO3.C6H4ClNO.C6H15N.ClH/c1-12(23-17(2,3)4)14(16(22)24-18(5,6)7)20-15(21)13-9-8-10-19-11-13;1-8(15-11(2,3)4)9(13)10(14)16-12(5,6)7;7-6(9)5-2-1-3-8-4-5;1-4-7(5-2)6-3;/h8-12,14H,1-7H3,(H,20,21);8-9H,13H2,1-7H3;1-4H;4-6H2,1-3H3;1H/t12-,14+;8-,9+;;;/m11.../s1. The molecule has 0 radical (unpaired) electrons. The highest BCUT2D eigenvalue weighted by atomic mass is 35.5. The van der Waals surface area contributed by atoms with Crippen LogP contribution in [0.3, 0.4) is 0 Å². The zero-order valence-electron chi connectivity index (χ0n) is 37.5. The van der Waals surface area contributed by atoms with Gasteiger partial charge < -0.3 is 34.9 Å². The van der Waals surface area contributed by atoms with Gasteiger partial charge in [-0.25, -0.2) is 4.79 Å². The second kappa shape index (κ2) is 27.5. The number of aromatic nitrogens is 2. The highest BCUT2D eigenvalue weighted by Crippen LogP contribution is 2.18. The first-order valence-electron chi connectivity index (χ1n) is 19.1. The lowest BCUT2D eigenvalue weighted by Gasteiger charge is -2.32. The first-order valence-corrected chi connectivity index (χ1v) is 19.4. The Kier molecular flexibility index (Phi) is 28.0. The van der Waals surface area contributed by atoms with Gasteiger partial charge in [-0.1, -0.05) is 20.8 Å². The first kappa shape index (κ1) is 58.1. The molecule has 0 aliphatic carbocycles. The molecule has 2 aromatic rings. The van der Waals surface area contributed by atoms with Gasteiger partial charge in [-0.15, -0.1) is 12.4 Å². The number of pyridine rings is 2. The molecule has 0 saturated heterocycles. The summed E-state index contributed by atoms with van der Waals surface area (Å²) < 4.78 is 22.1. The van der Waals surface area contributed by atoms with Crippen molar-refractivity contribution in [3.05, 3.63) is 60.2 Å². The summed E-state index contributed by atoms with van der Waals surface area (Å²) in [6, 6.07) is 4.89. The van der Waals surface area contributed by atoms with Crippen molar-refractivity contribution in [1.82, 2.24) is 20.2 Å². The van der Waals surface area contributed by atoms with Gasteiger partial charge in [0.25, 0.3) is 11.1 Å². The molecule has 2 rings (SSSR count). The van der Waals surface area contributed by atoms with E-state index in [4.69, 9.17) is 36.3 Å². The van der Waals surface area contributed by atoms with Crippen LogP contribution in [0.4, 0.5) is 0 Å². The Morgan fingerprint density at radius 3 is 1.37 bits per heavy atom. The minimum absolute atomic E-state index is 0. The van der Waals surface area contributed by atoms with E-state index in [0.717, 1.165) is 0 Å². The number of carbonyl (C=O) groups is 4. The number of ether oxygens (including phenoxy) is 4. The van der Waals surface area contributed by atoms with E-state index < -0.39 is 58.1 Å². The molecule has 328 valence electrons. The van der Waals surface area contributed by atoms with E-state index in [-0.39, 0.29) is 24.1 Å². The highest BCUT2D eigenvalue weighted by Gasteiger charge is 2.34. The molecule has 0 bridgehead atoms. The van der Waals surface area contributed by atoms with E-state index in [1.54, 1.807) is 71.3 Å². The number of nitrogens with one attached hydrogen (secondary N) is 1. The maximum absolute atomic E-state index is 12.5. The van der Waals surface area contributed by atoms with Gasteiger partial charge in [0.15, 0.2) is 6.04 Å². The minimum atomic E-state index is -0.920. The second-order valence-electron chi connectivity index (χ2n) is 16.8. The Morgan fingerprint density at radius 2 is 1.07 bits per heavy atom. The van der Waals surface area contributed by atoms with Crippen molar-refractivity contribution in [2.45, 2.75) is 164 Å². The third-order valence-electron chi connectivity index (χ3n) is 6.83. The number of nitrogens with zero attached hydrogens (tertiary/aromatic N) is 3. The van der Waals surface area contributed by atoms with Crippen molar-refractivity contribution < 1.29 is 38.1 Å². The van der Waals surface area contributed by atoms with Gasteiger partial charge in [0.1, 0.15) is 17.2 Å².